The minimum absolute atomic E-state index is 0.00421. The Morgan fingerprint density at radius 3 is 2.86 bits per heavy atom. The van der Waals surface area contributed by atoms with E-state index in [0.717, 1.165) is 25.9 Å². The van der Waals surface area contributed by atoms with Gasteiger partial charge in [0.1, 0.15) is 0 Å². The molecule has 0 spiro atoms. The number of hydrogen-bond acceptors (Lipinski definition) is 3. The molecule has 3 nitrogen and oxygen atoms in total. The Bertz CT molecular complexity index is 242. The first kappa shape index (κ1) is 11.2. The maximum Gasteiger partial charge on any atom is 0.163 e. The predicted octanol–water partition coefficient (Wildman–Crippen LogP) is 1.55. The third-order valence-electron chi connectivity index (χ3n) is 2.51. The van der Waals surface area contributed by atoms with E-state index in [1.165, 1.54) is 5.92 Å². The van der Waals surface area contributed by atoms with Crippen molar-refractivity contribution in [2.24, 2.45) is 0 Å². The molecule has 0 saturated carbocycles. The molecule has 0 bridgehead atoms. The van der Waals surface area contributed by atoms with Crippen LogP contribution in [0.15, 0.2) is 0 Å². The van der Waals surface area contributed by atoms with Gasteiger partial charge in [-0.05, 0) is 25.3 Å². The molecule has 0 aromatic carbocycles. The Kier molecular flexibility index (Phi) is 4.09. The summed E-state index contributed by atoms with van der Waals surface area (Å²) in [6.07, 6.45) is 2.06. The standard InChI is InChI=1S/C11H17N2O/c1-9(2)8-13-7-3-4-10(13)11(14)5-6-12/h10H,3-5,7-8H2,1-2H3. The van der Waals surface area contributed by atoms with Crippen LogP contribution in [-0.2, 0) is 4.79 Å². The van der Waals surface area contributed by atoms with Crippen LogP contribution in [-0.4, -0.2) is 29.8 Å². The van der Waals surface area contributed by atoms with E-state index < -0.39 is 0 Å². The summed E-state index contributed by atoms with van der Waals surface area (Å²) in [6, 6.07) is 1.94. The minimum atomic E-state index is 0.00421. The quantitative estimate of drug-likeness (QED) is 0.680. The highest BCUT2D eigenvalue weighted by Gasteiger charge is 2.30. The van der Waals surface area contributed by atoms with Gasteiger partial charge >= 0.3 is 0 Å². The fourth-order valence-electron chi connectivity index (χ4n) is 1.98. The molecular weight excluding hydrogens is 176 g/mol. The second-order valence-corrected chi connectivity index (χ2v) is 4.14. The highest BCUT2D eigenvalue weighted by molar-refractivity contribution is 5.86. The van der Waals surface area contributed by atoms with Crippen molar-refractivity contribution in [3.63, 3.8) is 0 Å². The first-order valence-corrected chi connectivity index (χ1v) is 5.08. The fourth-order valence-corrected chi connectivity index (χ4v) is 1.98. The van der Waals surface area contributed by atoms with Crippen LogP contribution in [0.25, 0.3) is 0 Å². The van der Waals surface area contributed by atoms with Crippen LogP contribution in [0, 0.1) is 17.2 Å². The fraction of sp³-hybridized carbons (Fsp3) is 0.727. The molecule has 1 heterocycles. The zero-order valence-corrected chi connectivity index (χ0v) is 8.92. The molecule has 1 radical (unpaired) electrons. The Morgan fingerprint density at radius 2 is 2.29 bits per heavy atom. The monoisotopic (exact) mass is 193 g/mol. The molecule has 0 aromatic rings. The average molecular weight is 193 g/mol. The van der Waals surface area contributed by atoms with Crippen LogP contribution >= 0.6 is 0 Å². The van der Waals surface area contributed by atoms with E-state index in [-0.39, 0.29) is 18.2 Å². The van der Waals surface area contributed by atoms with Gasteiger partial charge in [-0.1, -0.05) is 13.8 Å². The molecule has 1 unspecified atom stereocenters. The Hall–Kier alpha value is -0.880. The lowest BCUT2D eigenvalue weighted by Gasteiger charge is -2.24. The van der Waals surface area contributed by atoms with E-state index in [2.05, 4.69) is 18.7 Å². The van der Waals surface area contributed by atoms with Gasteiger partial charge in [0.15, 0.2) is 5.78 Å². The SMILES string of the molecule is C[C](C)CN1CCCC1C(=O)CC#N. The lowest BCUT2D eigenvalue weighted by molar-refractivity contribution is -0.122. The second kappa shape index (κ2) is 5.11. The number of carbonyl (C=O) groups is 1. The molecule has 14 heavy (non-hydrogen) atoms. The summed E-state index contributed by atoms with van der Waals surface area (Å²) in [5, 5.41) is 8.47. The summed E-state index contributed by atoms with van der Waals surface area (Å²) in [5.41, 5.74) is 0. The Labute approximate surface area is 85.7 Å². The molecule has 0 amide bonds. The van der Waals surface area contributed by atoms with Gasteiger partial charge in [0, 0.05) is 6.54 Å². The highest BCUT2D eigenvalue weighted by Crippen LogP contribution is 2.20. The van der Waals surface area contributed by atoms with Gasteiger partial charge < -0.3 is 0 Å². The minimum Gasteiger partial charge on any atom is -0.297 e. The smallest absolute Gasteiger partial charge is 0.163 e. The summed E-state index contributed by atoms with van der Waals surface area (Å²) in [7, 11) is 0. The Morgan fingerprint density at radius 1 is 1.57 bits per heavy atom. The zero-order valence-electron chi connectivity index (χ0n) is 8.92. The molecule has 1 fully saturated rings. The topological polar surface area (TPSA) is 44.1 Å². The van der Waals surface area contributed by atoms with Crippen molar-refractivity contribution in [3.05, 3.63) is 5.92 Å². The van der Waals surface area contributed by atoms with Gasteiger partial charge in [-0.15, -0.1) is 0 Å². The van der Waals surface area contributed by atoms with Crippen molar-refractivity contribution in [2.75, 3.05) is 13.1 Å². The first-order valence-electron chi connectivity index (χ1n) is 5.08. The first-order chi connectivity index (χ1) is 6.65. The van der Waals surface area contributed by atoms with Crippen LogP contribution in [0.3, 0.4) is 0 Å². The normalized spacial score (nSPS) is 22.6. The largest absolute Gasteiger partial charge is 0.297 e. The molecule has 1 aliphatic rings. The summed E-state index contributed by atoms with van der Waals surface area (Å²) in [4.78, 5) is 13.8. The third kappa shape index (κ3) is 2.81. The van der Waals surface area contributed by atoms with Gasteiger partial charge in [-0.2, -0.15) is 5.26 Å². The van der Waals surface area contributed by atoms with Crippen molar-refractivity contribution < 1.29 is 4.79 Å². The van der Waals surface area contributed by atoms with E-state index in [1.54, 1.807) is 0 Å². The van der Waals surface area contributed by atoms with E-state index in [9.17, 15) is 4.79 Å². The summed E-state index contributed by atoms with van der Waals surface area (Å²) < 4.78 is 0. The van der Waals surface area contributed by atoms with E-state index in [4.69, 9.17) is 5.26 Å². The summed E-state index contributed by atoms with van der Waals surface area (Å²) in [5.74, 6) is 1.41. The lowest BCUT2D eigenvalue weighted by atomic mass is 10.1. The van der Waals surface area contributed by atoms with Crippen LogP contribution in [0.5, 0.6) is 0 Å². The summed E-state index contributed by atoms with van der Waals surface area (Å²) in [6.45, 7) is 6.03. The van der Waals surface area contributed by atoms with E-state index in [1.807, 2.05) is 6.07 Å². The molecule has 0 N–H and O–H groups in total. The van der Waals surface area contributed by atoms with Crippen LogP contribution in [0.4, 0.5) is 0 Å². The lowest BCUT2D eigenvalue weighted by Crippen LogP contribution is -2.37. The maximum atomic E-state index is 11.6. The second-order valence-electron chi connectivity index (χ2n) is 4.14. The van der Waals surface area contributed by atoms with Crippen molar-refractivity contribution >= 4 is 5.78 Å². The summed E-state index contributed by atoms with van der Waals surface area (Å²) >= 11 is 0. The molecule has 0 aromatic heterocycles. The van der Waals surface area contributed by atoms with Crippen LogP contribution in [0.2, 0.25) is 0 Å². The van der Waals surface area contributed by atoms with Gasteiger partial charge in [0.25, 0.3) is 0 Å². The van der Waals surface area contributed by atoms with Crippen molar-refractivity contribution in [1.29, 1.82) is 5.26 Å². The van der Waals surface area contributed by atoms with Gasteiger partial charge in [0.05, 0.1) is 18.5 Å². The highest BCUT2D eigenvalue weighted by atomic mass is 16.1. The number of hydrogen-bond donors (Lipinski definition) is 0. The molecule has 3 heteroatoms. The molecule has 0 aliphatic carbocycles. The van der Waals surface area contributed by atoms with Crippen LogP contribution in [0.1, 0.15) is 33.1 Å². The maximum absolute atomic E-state index is 11.6. The van der Waals surface area contributed by atoms with Crippen molar-refractivity contribution in [2.45, 2.75) is 39.2 Å². The molecule has 1 atom stereocenters. The van der Waals surface area contributed by atoms with E-state index in [0.29, 0.717) is 0 Å². The van der Waals surface area contributed by atoms with Crippen LogP contribution < -0.4 is 0 Å². The Balaban J connectivity index is 2.51. The zero-order chi connectivity index (χ0) is 10.6. The number of Topliss-reactive ketones (excluding diaryl/α,β-unsaturated/α-hetero) is 1. The number of rotatable bonds is 4. The third-order valence-corrected chi connectivity index (χ3v) is 2.51. The number of nitriles is 1. The molecule has 77 valence electrons. The molecule has 1 rings (SSSR count). The molecule has 1 aliphatic heterocycles. The predicted molar refractivity (Wildman–Crippen MR) is 54.4 cm³/mol. The van der Waals surface area contributed by atoms with Gasteiger partial charge in [-0.3, -0.25) is 9.69 Å². The van der Waals surface area contributed by atoms with E-state index >= 15 is 0 Å². The average Bonchev–Trinajstić information content (AvgIpc) is 2.51. The number of nitrogens with zero attached hydrogens (tertiary/aromatic N) is 2. The number of likely N-dealkylation sites (tertiary alicyclic amines) is 1. The van der Waals surface area contributed by atoms with Crippen molar-refractivity contribution in [1.82, 2.24) is 4.90 Å². The molecule has 1 saturated heterocycles. The molecular formula is C11H17N2O. The van der Waals surface area contributed by atoms with Crippen molar-refractivity contribution in [3.8, 4) is 6.07 Å². The van der Waals surface area contributed by atoms with Gasteiger partial charge in [-0.25, -0.2) is 0 Å². The van der Waals surface area contributed by atoms with Gasteiger partial charge in [0.2, 0.25) is 0 Å². The number of ketones is 1. The number of carbonyl (C=O) groups excluding carboxylic acids is 1.